The Hall–Kier alpha value is -2.14. The van der Waals surface area contributed by atoms with Crippen LogP contribution < -0.4 is 5.32 Å². The van der Waals surface area contributed by atoms with Crippen molar-refractivity contribution in [3.05, 3.63) is 57.8 Å². The van der Waals surface area contributed by atoms with Crippen LogP contribution in [0, 0.1) is 12.8 Å². The fraction of sp³-hybridized carbons (Fsp3) is 0.333. The number of rotatable bonds is 6. The Bertz CT molecular complexity index is 711. The van der Waals surface area contributed by atoms with E-state index in [1.807, 2.05) is 29.6 Å². The van der Waals surface area contributed by atoms with Crippen LogP contribution in [-0.4, -0.2) is 17.0 Å². The summed E-state index contributed by atoms with van der Waals surface area (Å²) in [5, 5.41) is 13.9. The third kappa shape index (κ3) is 3.62. The molecule has 1 aliphatic carbocycles. The topological polar surface area (TPSA) is 66.4 Å². The third-order valence-electron chi connectivity index (χ3n) is 4.30. The van der Waals surface area contributed by atoms with Crippen molar-refractivity contribution in [1.29, 1.82) is 0 Å². The Morgan fingerprint density at radius 1 is 1.30 bits per heavy atom. The number of hydrogen-bond donors (Lipinski definition) is 2. The molecular formula is C18H19NO3S. The Kier molecular flexibility index (Phi) is 4.48. The van der Waals surface area contributed by atoms with Crippen molar-refractivity contribution >= 4 is 23.2 Å². The fourth-order valence-corrected chi connectivity index (χ4v) is 3.77. The van der Waals surface area contributed by atoms with Gasteiger partial charge in [0.05, 0.1) is 12.5 Å². The van der Waals surface area contributed by atoms with Gasteiger partial charge in [-0.3, -0.25) is 9.59 Å². The average molecular weight is 329 g/mol. The lowest BCUT2D eigenvalue weighted by molar-refractivity contribution is -0.137. The summed E-state index contributed by atoms with van der Waals surface area (Å²) in [5.41, 5.74) is 2.42. The van der Waals surface area contributed by atoms with Gasteiger partial charge in [-0.25, -0.2) is 0 Å². The Morgan fingerprint density at radius 3 is 2.74 bits per heavy atom. The van der Waals surface area contributed by atoms with Crippen LogP contribution in [0.5, 0.6) is 0 Å². The van der Waals surface area contributed by atoms with Crippen molar-refractivity contribution in [2.24, 2.45) is 5.92 Å². The van der Waals surface area contributed by atoms with E-state index in [9.17, 15) is 9.59 Å². The number of hydrogen-bond acceptors (Lipinski definition) is 3. The minimum Gasteiger partial charge on any atom is -0.481 e. The van der Waals surface area contributed by atoms with Crippen LogP contribution in [0.25, 0.3) is 0 Å². The van der Waals surface area contributed by atoms with Gasteiger partial charge in [0, 0.05) is 10.8 Å². The van der Waals surface area contributed by atoms with Gasteiger partial charge in [0.25, 0.3) is 0 Å². The highest BCUT2D eigenvalue weighted by Gasteiger charge is 2.45. The van der Waals surface area contributed by atoms with Crippen molar-refractivity contribution in [2.75, 3.05) is 0 Å². The van der Waals surface area contributed by atoms with Gasteiger partial charge in [-0.15, -0.1) is 11.3 Å². The van der Waals surface area contributed by atoms with Gasteiger partial charge in [-0.05, 0) is 41.8 Å². The quantitative estimate of drug-likeness (QED) is 0.852. The highest BCUT2D eigenvalue weighted by Crippen LogP contribution is 2.48. The molecule has 1 aromatic carbocycles. The first-order valence-electron chi connectivity index (χ1n) is 7.67. The number of carboxylic acid groups (broad SMARTS) is 1. The molecule has 1 aromatic heterocycles. The molecule has 2 N–H and O–H groups in total. The second kappa shape index (κ2) is 6.54. The molecule has 0 bridgehead atoms. The highest BCUT2D eigenvalue weighted by molar-refractivity contribution is 7.10. The van der Waals surface area contributed by atoms with E-state index in [2.05, 4.69) is 24.4 Å². The number of carbonyl (C=O) groups excluding carboxylic acids is 1. The van der Waals surface area contributed by atoms with Crippen LogP contribution in [0.1, 0.15) is 40.8 Å². The third-order valence-corrected chi connectivity index (χ3v) is 5.28. The minimum atomic E-state index is -0.907. The SMILES string of the molecule is Cc1ccccc1[C@@H]1C[C@H]1C(=O)N[C@@H](CC(=O)O)c1cccs1. The first-order valence-corrected chi connectivity index (χ1v) is 8.55. The number of carbonyl (C=O) groups is 2. The molecule has 0 saturated heterocycles. The van der Waals surface area contributed by atoms with E-state index in [4.69, 9.17) is 5.11 Å². The van der Waals surface area contributed by atoms with E-state index in [1.54, 1.807) is 0 Å². The lowest BCUT2D eigenvalue weighted by Gasteiger charge is -2.15. The maximum Gasteiger partial charge on any atom is 0.305 e. The van der Waals surface area contributed by atoms with Crippen LogP contribution >= 0.6 is 11.3 Å². The summed E-state index contributed by atoms with van der Waals surface area (Å²) in [6, 6.07) is 11.4. The molecule has 4 nitrogen and oxygen atoms in total. The average Bonchev–Trinajstić information content (AvgIpc) is 3.11. The summed E-state index contributed by atoms with van der Waals surface area (Å²) in [5.74, 6) is -0.745. The van der Waals surface area contributed by atoms with E-state index in [0.717, 1.165) is 11.3 Å². The molecular weight excluding hydrogens is 310 g/mol. The van der Waals surface area contributed by atoms with Crippen molar-refractivity contribution in [3.8, 4) is 0 Å². The monoisotopic (exact) mass is 329 g/mol. The van der Waals surface area contributed by atoms with Crippen LogP contribution in [0.2, 0.25) is 0 Å². The van der Waals surface area contributed by atoms with Crippen molar-refractivity contribution < 1.29 is 14.7 Å². The van der Waals surface area contributed by atoms with Gasteiger partial charge >= 0.3 is 5.97 Å². The minimum absolute atomic E-state index is 0.0436. The lowest BCUT2D eigenvalue weighted by atomic mass is 10.0. The standard InChI is InChI=1S/C18H19NO3S/c1-11-5-2-3-6-12(11)13-9-14(13)18(22)19-15(10-17(20)21)16-7-4-8-23-16/h2-8,13-15H,9-10H2,1H3,(H,19,22)(H,20,21)/t13-,14+,15-/m0/s1. The number of aryl methyl sites for hydroxylation is 1. The maximum absolute atomic E-state index is 12.5. The molecule has 3 rings (SSSR count). The molecule has 3 atom stereocenters. The molecule has 23 heavy (non-hydrogen) atoms. The number of carboxylic acids is 1. The van der Waals surface area contributed by atoms with E-state index >= 15 is 0 Å². The van der Waals surface area contributed by atoms with Gasteiger partial charge in [-0.2, -0.15) is 0 Å². The Labute approximate surface area is 139 Å². The van der Waals surface area contributed by atoms with Crippen LogP contribution in [-0.2, 0) is 9.59 Å². The Morgan fingerprint density at radius 2 is 2.09 bits per heavy atom. The molecule has 1 amide bonds. The summed E-state index contributed by atoms with van der Waals surface area (Å²) in [6.45, 7) is 2.06. The van der Waals surface area contributed by atoms with Gasteiger partial charge in [0.1, 0.15) is 0 Å². The van der Waals surface area contributed by atoms with Crippen LogP contribution in [0.3, 0.4) is 0 Å². The van der Waals surface area contributed by atoms with Crippen molar-refractivity contribution in [1.82, 2.24) is 5.32 Å². The summed E-state index contributed by atoms with van der Waals surface area (Å²) < 4.78 is 0. The van der Waals surface area contributed by atoms with Crippen molar-refractivity contribution in [3.63, 3.8) is 0 Å². The smallest absolute Gasteiger partial charge is 0.305 e. The number of benzene rings is 1. The van der Waals surface area contributed by atoms with Crippen LogP contribution in [0.15, 0.2) is 41.8 Å². The molecule has 1 aliphatic rings. The normalized spacial score (nSPS) is 20.7. The molecule has 0 spiro atoms. The maximum atomic E-state index is 12.5. The molecule has 120 valence electrons. The first-order chi connectivity index (χ1) is 11.1. The molecule has 1 heterocycles. The van der Waals surface area contributed by atoms with Crippen molar-refractivity contribution in [2.45, 2.75) is 31.7 Å². The molecule has 1 fully saturated rings. The van der Waals surface area contributed by atoms with E-state index in [0.29, 0.717) is 0 Å². The largest absolute Gasteiger partial charge is 0.481 e. The first kappa shape index (κ1) is 15.7. The predicted molar refractivity (Wildman–Crippen MR) is 89.5 cm³/mol. The summed E-state index contributed by atoms with van der Waals surface area (Å²) >= 11 is 1.47. The lowest BCUT2D eigenvalue weighted by Crippen LogP contribution is -2.31. The van der Waals surface area contributed by atoms with E-state index in [-0.39, 0.29) is 24.2 Å². The molecule has 1 saturated carbocycles. The zero-order chi connectivity index (χ0) is 16.4. The van der Waals surface area contributed by atoms with Gasteiger partial charge in [0.2, 0.25) is 5.91 Å². The zero-order valence-corrected chi connectivity index (χ0v) is 13.7. The fourth-order valence-electron chi connectivity index (χ4n) is 3.00. The van der Waals surface area contributed by atoms with Gasteiger partial charge in [-0.1, -0.05) is 30.3 Å². The molecule has 5 heteroatoms. The number of thiophene rings is 1. The Balaban J connectivity index is 1.67. The van der Waals surface area contributed by atoms with E-state index < -0.39 is 12.0 Å². The van der Waals surface area contributed by atoms with Gasteiger partial charge in [0.15, 0.2) is 0 Å². The van der Waals surface area contributed by atoms with Crippen LogP contribution in [0.4, 0.5) is 0 Å². The summed E-state index contributed by atoms with van der Waals surface area (Å²) in [4.78, 5) is 24.4. The second-order valence-electron chi connectivity index (χ2n) is 5.98. The molecule has 0 unspecified atom stereocenters. The number of amides is 1. The second-order valence-corrected chi connectivity index (χ2v) is 6.96. The van der Waals surface area contributed by atoms with Gasteiger partial charge < -0.3 is 10.4 Å². The number of aliphatic carboxylic acids is 1. The molecule has 2 aromatic rings. The summed E-state index contributed by atoms with van der Waals surface area (Å²) in [7, 11) is 0. The molecule has 0 radical (unpaired) electrons. The summed E-state index contributed by atoms with van der Waals surface area (Å²) in [6.07, 6.45) is 0.745. The molecule has 0 aliphatic heterocycles. The van der Waals surface area contributed by atoms with E-state index in [1.165, 1.54) is 22.5 Å². The highest BCUT2D eigenvalue weighted by atomic mass is 32.1. The number of nitrogens with one attached hydrogen (secondary N) is 1. The predicted octanol–water partition coefficient (Wildman–Crippen LogP) is 3.49. The zero-order valence-electron chi connectivity index (χ0n) is 12.9.